The van der Waals surface area contributed by atoms with Crippen LogP contribution in [0.15, 0.2) is 36.5 Å². The summed E-state index contributed by atoms with van der Waals surface area (Å²) in [4.78, 5) is 14.9. The smallest absolute Gasteiger partial charge is 0.325 e. The van der Waals surface area contributed by atoms with E-state index in [0.29, 0.717) is 0 Å². The minimum atomic E-state index is -0.869. The van der Waals surface area contributed by atoms with Crippen molar-refractivity contribution in [1.29, 1.82) is 0 Å². The van der Waals surface area contributed by atoms with Crippen LogP contribution < -0.4 is 5.32 Å². The number of anilines is 1. The fourth-order valence-corrected chi connectivity index (χ4v) is 1.48. The van der Waals surface area contributed by atoms with Crippen LogP contribution >= 0.6 is 0 Å². The summed E-state index contributed by atoms with van der Waals surface area (Å²) >= 11 is 0. The highest BCUT2D eigenvalue weighted by molar-refractivity contribution is 5.83. The number of aromatic nitrogens is 1. The monoisotopic (exact) mass is 216 g/mol. The summed E-state index contributed by atoms with van der Waals surface area (Å²) in [5.41, 5.74) is 1.69. The first-order chi connectivity index (χ1) is 7.66. The van der Waals surface area contributed by atoms with Gasteiger partial charge < -0.3 is 10.4 Å². The normalized spacial score (nSPS) is 12.3. The molecule has 0 aliphatic rings. The number of fused-ring (bicyclic) bond motifs is 1. The molecule has 0 amide bonds. The van der Waals surface area contributed by atoms with Gasteiger partial charge in [0.15, 0.2) is 0 Å². The second-order valence-corrected chi connectivity index (χ2v) is 3.62. The summed E-state index contributed by atoms with van der Waals surface area (Å²) < 4.78 is 0. The third-order valence-electron chi connectivity index (χ3n) is 2.36. The summed E-state index contributed by atoms with van der Waals surface area (Å²) in [5, 5.41) is 12.7. The Hall–Kier alpha value is -2.10. The quantitative estimate of drug-likeness (QED) is 0.824. The highest BCUT2D eigenvalue weighted by atomic mass is 16.4. The van der Waals surface area contributed by atoms with Gasteiger partial charge in [-0.2, -0.15) is 0 Å². The molecule has 1 aromatic heterocycles. The molecule has 1 heterocycles. The Morgan fingerprint density at radius 2 is 2.25 bits per heavy atom. The lowest BCUT2D eigenvalue weighted by molar-refractivity contribution is -0.137. The third-order valence-corrected chi connectivity index (χ3v) is 2.36. The molecule has 0 bridgehead atoms. The van der Waals surface area contributed by atoms with Crippen molar-refractivity contribution < 1.29 is 9.90 Å². The van der Waals surface area contributed by atoms with Crippen molar-refractivity contribution in [2.45, 2.75) is 13.0 Å². The van der Waals surface area contributed by atoms with Gasteiger partial charge in [0, 0.05) is 17.3 Å². The molecule has 0 spiro atoms. The van der Waals surface area contributed by atoms with Crippen molar-refractivity contribution in [2.24, 2.45) is 0 Å². The Balaban J connectivity index is 2.29. The van der Waals surface area contributed by atoms with Crippen LogP contribution in [0, 0.1) is 0 Å². The lowest BCUT2D eigenvalue weighted by Gasteiger charge is -2.10. The number of pyridine rings is 1. The summed E-state index contributed by atoms with van der Waals surface area (Å²) in [6, 6.07) is 8.78. The van der Waals surface area contributed by atoms with Gasteiger partial charge in [-0.05, 0) is 31.2 Å². The molecule has 4 heteroatoms. The van der Waals surface area contributed by atoms with Crippen LogP contribution in [0.1, 0.15) is 6.92 Å². The Labute approximate surface area is 92.9 Å². The zero-order valence-corrected chi connectivity index (χ0v) is 8.84. The van der Waals surface area contributed by atoms with Crippen molar-refractivity contribution in [3.63, 3.8) is 0 Å². The van der Waals surface area contributed by atoms with E-state index < -0.39 is 12.0 Å². The molecular formula is C12H12N2O2. The Kier molecular flexibility index (Phi) is 2.72. The van der Waals surface area contributed by atoms with E-state index in [1.165, 1.54) is 0 Å². The fourth-order valence-electron chi connectivity index (χ4n) is 1.48. The molecule has 0 fully saturated rings. The van der Waals surface area contributed by atoms with Gasteiger partial charge in [0.1, 0.15) is 6.04 Å². The van der Waals surface area contributed by atoms with Gasteiger partial charge in [-0.1, -0.05) is 6.07 Å². The number of nitrogens with one attached hydrogen (secondary N) is 1. The lowest BCUT2D eigenvalue weighted by atomic mass is 10.2. The summed E-state index contributed by atoms with van der Waals surface area (Å²) in [6.07, 6.45) is 1.73. The minimum absolute atomic E-state index is 0.603. The first kappa shape index (κ1) is 10.4. The van der Waals surface area contributed by atoms with Crippen LogP contribution in [-0.2, 0) is 4.79 Å². The molecule has 2 aromatic rings. The van der Waals surface area contributed by atoms with E-state index in [9.17, 15) is 4.79 Å². The first-order valence-electron chi connectivity index (χ1n) is 5.01. The molecule has 0 radical (unpaired) electrons. The molecule has 0 aliphatic carbocycles. The highest BCUT2D eigenvalue weighted by Gasteiger charge is 2.09. The summed E-state index contributed by atoms with van der Waals surface area (Å²) in [5.74, 6) is -0.869. The number of carboxylic acid groups (broad SMARTS) is 1. The molecule has 4 nitrogen and oxygen atoms in total. The molecule has 0 saturated carbocycles. The van der Waals surface area contributed by atoms with Gasteiger partial charge in [0.05, 0.1) is 5.52 Å². The van der Waals surface area contributed by atoms with E-state index in [2.05, 4.69) is 10.3 Å². The van der Waals surface area contributed by atoms with Crippen molar-refractivity contribution in [3.05, 3.63) is 36.5 Å². The number of carbonyl (C=O) groups is 1. The predicted octanol–water partition coefficient (Wildman–Crippen LogP) is 2.12. The van der Waals surface area contributed by atoms with Crippen molar-refractivity contribution in [2.75, 3.05) is 5.32 Å². The van der Waals surface area contributed by atoms with Crippen LogP contribution in [0.4, 0.5) is 5.69 Å². The number of carboxylic acids is 1. The van der Waals surface area contributed by atoms with Crippen LogP contribution in [0.25, 0.3) is 10.9 Å². The van der Waals surface area contributed by atoms with Gasteiger partial charge in [-0.25, -0.2) is 0 Å². The van der Waals surface area contributed by atoms with Gasteiger partial charge >= 0.3 is 5.97 Å². The number of aliphatic carboxylic acids is 1. The second kappa shape index (κ2) is 4.18. The molecule has 2 N–H and O–H groups in total. The Morgan fingerprint density at radius 1 is 1.44 bits per heavy atom. The van der Waals surface area contributed by atoms with E-state index in [4.69, 9.17) is 5.11 Å². The fraction of sp³-hybridized carbons (Fsp3) is 0.167. The average Bonchev–Trinajstić information content (AvgIpc) is 2.28. The van der Waals surface area contributed by atoms with Gasteiger partial charge in [0.25, 0.3) is 0 Å². The SMILES string of the molecule is CC(Nc1ccc2ncccc2c1)C(=O)O. The Bertz CT molecular complexity index is 525. The highest BCUT2D eigenvalue weighted by Crippen LogP contribution is 2.17. The molecule has 1 unspecified atom stereocenters. The minimum Gasteiger partial charge on any atom is -0.480 e. The van der Waals surface area contributed by atoms with Gasteiger partial charge in [0.2, 0.25) is 0 Å². The topological polar surface area (TPSA) is 62.2 Å². The van der Waals surface area contributed by atoms with Crippen molar-refractivity contribution in [3.8, 4) is 0 Å². The molecule has 2 rings (SSSR count). The van der Waals surface area contributed by atoms with Crippen molar-refractivity contribution >= 4 is 22.6 Å². The van der Waals surface area contributed by atoms with Crippen molar-refractivity contribution in [1.82, 2.24) is 4.98 Å². The van der Waals surface area contributed by atoms with E-state index in [1.807, 2.05) is 30.3 Å². The molecule has 1 aromatic carbocycles. The summed E-state index contributed by atoms with van der Waals surface area (Å²) in [6.45, 7) is 1.61. The van der Waals surface area contributed by atoms with Crippen LogP contribution in [-0.4, -0.2) is 22.1 Å². The number of hydrogen-bond donors (Lipinski definition) is 2. The standard InChI is InChI=1S/C12H12N2O2/c1-8(12(15)16)14-10-4-5-11-9(7-10)3-2-6-13-11/h2-8,14H,1H3,(H,15,16). The lowest BCUT2D eigenvalue weighted by Crippen LogP contribution is -2.25. The van der Waals surface area contributed by atoms with Gasteiger partial charge in [-0.15, -0.1) is 0 Å². The Morgan fingerprint density at radius 3 is 3.00 bits per heavy atom. The van der Waals surface area contributed by atoms with E-state index in [-0.39, 0.29) is 0 Å². The summed E-state index contributed by atoms with van der Waals surface area (Å²) in [7, 11) is 0. The van der Waals surface area contributed by atoms with Gasteiger partial charge in [-0.3, -0.25) is 9.78 Å². The molecule has 82 valence electrons. The molecule has 16 heavy (non-hydrogen) atoms. The largest absolute Gasteiger partial charge is 0.480 e. The number of hydrogen-bond acceptors (Lipinski definition) is 3. The second-order valence-electron chi connectivity index (χ2n) is 3.62. The maximum Gasteiger partial charge on any atom is 0.325 e. The molecule has 0 saturated heterocycles. The average molecular weight is 216 g/mol. The first-order valence-corrected chi connectivity index (χ1v) is 5.01. The molecule has 0 aliphatic heterocycles. The maximum absolute atomic E-state index is 10.7. The number of benzene rings is 1. The van der Waals surface area contributed by atoms with E-state index in [1.54, 1.807) is 13.1 Å². The predicted molar refractivity (Wildman–Crippen MR) is 62.5 cm³/mol. The molecular weight excluding hydrogens is 204 g/mol. The van der Waals surface area contributed by atoms with Crippen LogP contribution in [0.5, 0.6) is 0 Å². The zero-order chi connectivity index (χ0) is 11.5. The molecule has 1 atom stereocenters. The van der Waals surface area contributed by atoms with Crippen LogP contribution in [0.2, 0.25) is 0 Å². The van der Waals surface area contributed by atoms with Crippen LogP contribution in [0.3, 0.4) is 0 Å². The number of rotatable bonds is 3. The number of nitrogens with zero attached hydrogens (tertiary/aromatic N) is 1. The van der Waals surface area contributed by atoms with E-state index >= 15 is 0 Å². The maximum atomic E-state index is 10.7. The third kappa shape index (κ3) is 2.11. The van der Waals surface area contributed by atoms with E-state index in [0.717, 1.165) is 16.6 Å². The zero-order valence-electron chi connectivity index (χ0n) is 8.84.